The highest BCUT2D eigenvalue weighted by Crippen LogP contribution is 2.32. The van der Waals surface area contributed by atoms with Crippen LogP contribution in [0.4, 0.5) is 0 Å². The van der Waals surface area contributed by atoms with E-state index in [0.29, 0.717) is 12.8 Å². The first-order chi connectivity index (χ1) is 9.02. The van der Waals surface area contributed by atoms with E-state index in [-0.39, 0.29) is 16.9 Å². The molecular formula is C17H32N2O. The first-order valence-electron chi connectivity index (χ1n) is 7.76. The molecule has 0 saturated heterocycles. The minimum absolute atomic E-state index is 0.0991. The molecule has 0 atom stereocenters. The second kappa shape index (κ2) is 7.11. The lowest BCUT2D eigenvalue weighted by Crippen LogP contribution is -2.51. The summed E-state index contributed by atoms with van der Waals surface area (Å²) in [7, 11) is 0. The van der Waals surface area contributed by atoms with E-state index in [1.165, 1.54) is 0 Å². The van der Waals surface area contributed by atoms with Crippen molar-refractivity contribution in [3.63, 3.8) is 0 Å². The number of carbonyl (C=O) groups excluding carboxylic acids is 1. The molecule has 3 heteroatoms. The molecule has 0 rings (SSSR count). The third-order valence-corrected chi connectivity index (χ3v) is 3.43. The Hall–Kier alpha value is -1.04. The molecule has 0 bridgehead atoms. The second-order valence-corrected chi connectivity index (χ2v) is 7.77. The first-order valence-corrected chi connectivity index (χ1v) is 7.76. The van der Waals surface area contributed by atoms with Crippen LogP contribution in [0.5, 0.6) is 0 Å². The van der Waals surface area contributed by atoms with E-state index in [1.807, 2.05) is 27.7 Å². The zero-order chi connectivity index (χ0) is 16.0. The summed E-state index contributed by atoms with van der Waals surface area (Å²) in [6.07, 6.45) is 3.84. The minimum atomic E-state index is -0.862. The molecule has 1 N–H and O–H groups in total. The number of hydrogen-bond donors (Lipinski definition) is 1. The molecule has 0 unspecified atom stereocenters. The summed E-state index contributed by atoms with van der Waals surface area (Å²) in [5, 5.41) is 12.6. The van der Waals surface area contributed by atoms with Gasteiger partial charge in [0.25, 0.3) is 0 Å². The second-order valence-electron chi connectivity index (χ2n) is 7.77. The van der Waals surface area contributed by atoms with Crippen LogP contribution >= 0.6 is 0 Å². The normalized spacial score (nSPS) is 12.9. The molecule has 20 heavy (non-hydrogen) atoms. The molecule has 0 aliphatic carbocycles. The van der Waals surface area contributed by atoms with Crippen molar-refractivity contribution in [1.29, 1.82) is 5.26 Å². The fourth-order valence-corrected chi connectivity index (χ4v) is 3.17. The Morgan fingerprint density at radius 3 is 1.80 bits per heavy atom. The van der Waals surface area contributed by atoms with Gasteiger partial charge >= 0.3 is 0 Å². The fourth-order valence-electron chi connectivity index (χ4n) is 3.17. The molecule has 3 nitrogen and oxygen atoms in total. The van der Waals surface area contributed by atoms with E-state index < -0.39 is 5.41 Å². The molecule has 1 amide bonds. The molecule has 0 fully saturated rings. The Labute approximate surface area is 125 Å². The van der Waals surface area contributed by atoms with Crippen LogP contribution in [0.3, 0.4) is 0 Å². The maximum absolute atomic E-state index is 12.6. The smallest absolute Gasteiger partial charge is 0.240 e. The van der Waals surface area contributed by atoms with E-state index in [9.17, 15) is 10.1 Å². The van der Waals surface area contributed by atoms with E-state index in [1.54, 1.807) is 0 Å². The van der Waals surface area contributed by atoms with E-state index in [4.69, 9.17) is 0 Å². The van der Waals surface area contributed by atoms with Gasteiger partial charge in [0.2, 0.25) is 5.91 Å². The topological polar surface area (TPSA) is 52.9 Å². The molecule has 0 aliphatic heterocycles. The number of nitrogens with one attached hydrogen (secondary N) is 1. The summed E-state index contributed by atoms with van der Waals surface area (Å²) < 4.78 is 0. The number of amides is 1. The van der Waals surface area contributed by atoms with Gasteiger partial charge in [-0.15, -0.1) is 0 Å². The molecule has 0 spiro atoms. The molecular weight excluding hydrogens is 248 g/mol. The van der Waals surface area contributed by atoms with Gasteiger partial charge in [0.15, 0.2) is 0 Å². The number of nitrogens with zero attached hydrogens (tertiary/aromatic N) is 1. The monoisotopic (exact) mass is 280 g/mol. The largest absolute Gasteiger partial charge is 0.350 e. The van der Waals surface area contributed by atoms with Crippen molar-refractivity contribution in [3.05, 3.63) is 0 Å². The van der Waals surface area contributed by atoms with Gasteiger partial charge in [0.1, 0.15) is 5.41 Å². The van der Waals surface area contributed by atoms with Crippen LogP contribution < -0.4 is 5.32 Å². The molecule has 0 saturated carbocycles. The highest BCUT2D eigenvalue weighted by Gasteiger charge is 2.40. The highest BCUT2D eigenvalue weighted by molar-refractivity contribution is 5.86. The standard InChI is InChI=1S/C17H32N2O/c1-8-10-17(13-18,11-9-2)14(20)19-16(6,7)12-15(3,4)5/h8-12H2,1-7H3,(H,19,20). The van der Waals surface area contributed by atoms with E-state index in [2.05, 4.69) is 32.2 Å². The molecule has 0 aromatic rings. The zero-order valence-corrected chi connectivity index (χ0v) is 14.4. The van der Waals surface area contributed by atoms with Crippen molar-refractivity contribution >= 4 is 5.91 Å². The Balaban J connectivity index is 5.06. The van der Waals surface area contributed by atoms with Crippen LogP contribution in [0.2, 0.25) is 0 Å². The molecule has 0 radical (unpaired) electrons. The van der Waals surface area contributed by atoms with Gasteiger partial charge < -0.3 is 5.32 Å². The van der Waals surface area contributed by atoms with E-state index >= 15 is 0 Å². The van der Waals surface area contributed by atoms with Crippen molar-refractivity contribution in [1.82, 2.24) is 5.32 Å². The Morgan fingerprint density at radius 1 is 1.05 bits per heavy atom. The number of nitriles is 1. The van der Waals surface area contributed by atoms with Crippen LogP contribution in [0, 0.1) is 22.2 Å². The van der Waals surface area contributed by atoms with Gasteiger partial charge in [-0.2, -0.15) is 5.26 Å². The summed E-state index contributed by atoms with van der Waals surface area (Å²) in [5.41, 5.74) is -1.01. The molecule has 0 heterocycles. The summed E-state index contributed by atoms with van der Waals surface area (Å²) in [6, 6.07) is 2.29. The van der Waals surface area contributed by atoms with Crippen molar-refractivity contribution in [3.8, 4) is 6.07 Å². The quantitative estimate of drug-likeness (QED) is 0.750. The third-order valence-electron chi connectivity index (χ3n) is 3.43. The summed E-state index contributed by atoms with van der Waals surface area (Å²) in [4.78, 5) is 12.6. The Kier molecular flexibility index (Phi) is 6.74. The first kappa shape index (κ1) is 19.0. The third kappa shape index (κ3) is 5.94. The molecule has 0 aromatic carbocycles. The summed E-state index contributed by atoms with van der Waals surface area (Å²) >= 11 is 0. The molecule has 0 aromatic heterocycles. The highest BCUT2D eigenvalue weighted by atomic mass is 16.2. The van der Waals surface area contributed by atoms with Crippen LogP contribution in [-0.2, 0) is 4.79 Å². The maximum atomic E-state index is 12.6. The maximum Gasteiger partial charge on any atom is 0.240 e. The van der Waals surface area contributed by atoms with Crippen molar-refractivity contribution in [2.24, 2.45) is 10.8 Å². The van der Waals surface area contributed by atoms with E-state index in [0.717, 1.165) is 19.3 Å². The van der Waals surface area contributed by atoms with Gasteiger partial charge in [0, 0.05) is 5.54 Å². The average molecular weight is 280 g/mol. The van der Waals surface area contributed by atoms with Gasteiger partial charge in [-0.3, -0.25) is 4.79 Å². The van der Waals surface area contributed by atoms with Crippen LogP contribution in [0.1, 0.15) is 80.6 Å². The summed E-state index contributed by atoms with van der Waals surface area (Å²) in [5.74, 6) is -0.0991. The van der Waals surface area contributed by atoms with Crippen LogP contribution in [-0.4, -0.2) is 11.4 Å². The van der Waals surface area contributed by atoms with Crippen molar-refractivity contribution < 1.29 is 4.79 Å². The van der Waals surface area contributed by atoms with Crippen molar-refractivity contribution in [2.75, 3.05) is 0 Å². The summed E-state index contributed by atoms with van der Waals surface area (Å²) in [6.45, 7) is 14.6. The predicted molar refractivity (Wildman–Crippen MR) is 84.2 cm³/mol. The lowest BCUT2D eigenvalue weighted by molar-refractivity contribution is -0.131. The van der Waals surface area contributed by atoms with Gasteiger partial charge in [-0.05, 0) is 38.5 Å². The average Bonchev–Trinajstić information content (AvgIpc) is 2.24. The fraction of sp³-hybridized carbons (Fsp3) is 0.882. The number of rotatable bonds is 7. The van der Waals surface area contributed by atoms with Gasteiger partial charge in [-0.25, -0.2) is 0 Å². The lowest BCUT2D eigenvalue weighted by atomic mass is 9.77. The molecule has 116 valence electrons. The van der Waals surface area contributed by atoms with Gasteiger partial charge in [-0.1, -0.05) is 47.5 Å². The van der Waals surface area contributed by atoms with Crippen LogP contribution in [0.25, 0.3) is 0 Å². The van der Waals surface area contributed by atoms with Crippen LogP contribution in [0.15, 0.2) is 0 Å². The Bertz CT molecular complexity index is 352. The predicted octanol–water partition coefficient (Wildman–Crippen LogP) is 4.43. The number of carbonyl (C=O) groups is 1. The Morgan fingerprint density at radius 2 is 1.50 bits per heavy atom. The lowest BCUT2D eigenvalue weighted by Gasteiger charge is -2.36. The zero-order valence-electron chi connectivity index (χ0n) is 14.4. The number of hydrogen-bond acceptors (Lipinski definition) is 2. The minimum Gasteiger partial charge on any atom is -0.350 e. The molecule has 0 aliphatic rings. The van der Waals surface area contributed by atoms with Gasteiger partial charge in [0.05, 0.1) is 6.07 Å². The van der Waals surface area contributed by atoms with Crippen molar-refractivity contribution in [2.45, 2.75) is 86.1 Å². The SMILES string of the molecule is CCCC(C#N)(CCC)C(=O)NC(C)(C)CC(C)(C)C.